The molecule has 0 radical (unpaired) electrons. The largest absolute Gasteiger partial charge is 0.490 e. The molecule has 1 spiro atoms. The standard InChI is InChI=1S/C27H30ClNO4.C7H15NO2S.C5H12N2.CH3I/c1-2-24(30)21-8-5-19(21)14-29-15-27(11-3-4-17-12-20(28)7-9-22(17)27)16-33-25-10-6-18(26(31)32)13-23(25)29;1-3-5-6-7(4-2)11(8,9)10;1-7-4-2-6-3-5-7;1-2/h2,6-7,9-10,12-13,19,21,24,30H,1,3-5,8,11,14-16H2,(H,31,32);3,7H,1,4-6H2,2H3,(H2,8,9,10);6H,2-5H2,1H3;1H3/t19-,21+,24-,27-;7-;;/m01../s1. The zero-order valence-corrected chi connectivity index (χ0v) is 35.3. The van der Waals surface area contributed by atoms with Crippen LogP contribution < -0.4 is 20.1 Å². The number of carbonyl (C=O) groups is 1. The number of hydrogen-bond acceptors (Lipinski definition) is 8. The molecule has 296 valence electrons. The van der Waals surface area contributed by atoms with Crippen LogP contribution >= 0.6 is 34.2 Å². The first-order chi connectivity index (χ1) is 25.3. The van der Waals surface area contributed by atoms with Gasteiger partial charge in [0.05, 0.1) is 29.2 Å². The van der Waals surface area contributed by atoms with Gasteiger partial charge in [0.2, 0.25) is 10.0 Å². The number of piperazine rings is 1. The lowest BCUT2D eigenvalue weighted by atomic mass is 9.68. The molecule has 1 saturated carbocycles. The molecule has 1 saturated heterocycles. The molecule has 10 nitrogen and oxygen atoms in total. The van der Waals surface area contributed by atoms with Crippen LogP contribution in [0, 0.1) is 11.8 Å². The maximum absolute atomic E-state index is 11.7. The van der Waals surface area contributed by atoms with Gasteiger partial charge < -0.3 is 30.1 Å². The van der Waals surface area contributed by atoms with Crippen LogP contribution in [0.2, 0.25) is 5.02 Å². The van der Waals surface area contributed by atoms with E-state index in [0.29, 0.717) is 31.8 Å². The number of hydrogen-bond donors (Lipinski definition) is 4. The first kappa shape index (κ1) is 45.2. The molecular formula is C40H60ClIN4O6S. The lowest BCUT2D eigenvalue weighted by molar-refractivity contribution is 0.0460. The Bertz CT molecular complexity index is 1610. The number of nitrogens with two attached hydrogens (primary N) is 1. The summed E-state index contributed by atoms with van der Waals surface area (Å²) >= 11 is 8.46. The summed E-state index contributed by atoms with van der Waals surface area (Å²) in [6.45, 7) is 15.9. The molecule has 6 rings (SSSR count). The molecule has 0 aromatic heterocycles. The van der Waals surface area contributed by atoms with Crippen molar-refractivity contribution < 1.29 is 28.2 Å². The molecule has 5 atom stereocenters. The first-order valence-electron chi connectivity index (χ1n) is 18.6. The average Bonchev–Trinajstić information content (AvgIpc) is 3.28. The number of nitrogens with one attached hydrogen (secondary N) is 1. The van der Waals surface area contributed by atoms with E-state index in [1.165, 1.54) is 24.2 Å². The predicted molar refractivity (Wildman–Crippen MR) is 227 cm³/mol. The van der Waals surface area contributed by atoms with Gasteiger partial charge in [0.15, 0.2) is 0 Å². The Balaban J connectivity index is 0.000000311. The summed E-state index contributed by atoms with van der Waals surface area (Å²) in [6.07, 6.45) is 9.77. The summed E-state index contributed by atoms with van der Waals surface area (Å²) in [4.78, 5) is 18.3. The van der Waals surface area contributed by atoms with Gasteiger partial charge in [-0.3, -0.25) is 0 Å². The van der Waals surface area contributed by atoms with Gasteiger partial charge in [-0.05, 0) is 117 Å². The normalized spacial score (nSPS) is 23.2. The Kier molecular flexibility index (Phi) is 18.6. The minimum Gasteiger partial charge on any atom is -0.490 e. The number of anilines is 1. The number of primary sulfonamides is 1. The number of halogens is 2. The maximum atomic E-state index is 11.7. The lowest BCUT2D eigenvalue weighted by Gasteiger charge is -2.45. The Morgan fingerprint density at radius 3 is 2.45 bits per heavy atom. The van der Waals surface area contributed by atoms with Gasteiger partial charge in [-0.1, -0.05) is 59.3 Å². The van der Waals surface area contributed by atoms with Crippen molar-refractivity contribution in [2.45, 2.75) is 75.1 Å². The van der Waals surface area contributed by atoms with Gasteiger partial charge in [0, 0.05) is 49.7 Å². The highest BCUT2D eigenvalue weighted by atomic mass is 127. The van der Waals surface area contributed by atoms with Crippen molar-refractivity contribution in [3.63, 3.8) is 0 Å². The van der Waals surface area contributed by atoms with E-state index in [1.54, 1.807) is 30.4 Å². The van der Waals surface area contributed by atoms with Crippen molar-refractivity contribution in [3.05, 3.63) is 83.4 Å². The number of nitrogens with zero attached hydrogens (tertiary/aromatic N) is 2. The number of fused-ring (bicyclic) bond motifs is 3. The van der Waals surface area contributed by atoms with Crippen LogP contribution in [-0.2, 0) is 21.9 Å². The summed E-state index contributed by atoms with van der Waals surface area (Å²) in [5.41, 5.74) is 3.44. The highest BCUT2D eigenvalue weighted by Crippen LogP contribution is 2.46. The van der Waals surface area contributed by atoms with Gasteiger partial charge in [-0.25, -0.2) is 18.4 Å². The highest BCUT2D eigenvalue weighted by molar-refractivity contribution is 14.1. The Morgan fingerprint density at radius 1 is 1.19 bits per heavy atom. The highest BCUT2D eigenvalue weighted by Gasteiger charge is 2.44. The van der Waals surface area contributed by atoms with E-state index in [-0.39, 0.29) is 16.9 Å². The zero-order chi connectivity index (χ0) is 39.2. The fourth-order valence-electron chi connectivity index (χ4n) is 7.66. The Hall–Kier alpha value is -2.20. The van der Waals surface area contributed by atoms with Crippen molar-refractivity contribution in [2.75, 3.05) is 62.8 Å². The number of benzene rings is 2. The fourth-order valence-corrected chi connectivity index (χ4v) is 8.78. The minimum absolute atomic E-state index is 0.186. The van der Waals surface area contributed by atoms with E-state index in [2.05, 4.69) is 70.0 Å². The number of aliphatic hydroxyl groups excluding tert-OH is 1. The number of aryl methyl sites for hydroxylation is 1. The SMILES string of the molecule is C=CCC[C@@H](CC)S(N)(=O)=O.C=C[C@H](O)[C@@H]1CC[C@H]1CN1C[C@@]2(CCCc3cc(Cl)ccc32)COc2ccc(C(=O)O)cc21.CI.CN1CCNCC1. The average molecular weight is 887 g/mol. The van der Waals surface area contributed by atoms with Crippen LogP contribution in [0.4, 0.5) is 5.69 Å². The summed E-state index contributed by atoms with van der Waals surface area (Å²) in [5.74, 6) is 0.282. The molecule has 2 aliphatic carbocycles. The van der Waals surface area contributed by atoms with Crippen LogP contribution in [0.5, 0.6) is 5.75 Å². The third-order valence-electron chi connectivity index (χ3n) is 10.8. The quantitative estimate of drug-likeness (QED) is 0.117. The molecule has 2 fully saturated rings. The van der Waals surface area contributed by atoms with E-state index < -0.39 is 27.3 Å². The third-order valence-corrected chi connectivity index (χ3v) is 12.6. The summed E-state index contributed by atoms with van der Waals surface area (Å²) in [6, 6.07) is 11.3. The minimum atomic E-state index is -3.33. The smallest absolute Gasteiger partial charge is 0.335 e. The molecule has 0 unspecified atom stereocenters. The Morgan fingerprint density at radius 2 is 1.91 bits per heavy atom. The molecule has 4 aliphatic rings. The molecule has 5 N–H and O–H groups in total. The molecule has 53 heavy (non-hydrogen) atoms. The number of carboxylic acid groups (broad SMARTS) is 1. The van der Waals surface area contributed by atoms with Crippen molar-refractivity contribution in [2.24, 2.45) is 17.0 Å². The summed E-state index contributed by atoms with van der Waals surface area (Å²) < 4.78 is 28.0. The molecule has 0 amide bonds. The van der Waals surface area contributed by atoms with Crippen LogP contribution in [0.15, 0.2) is 61.7 Å². The number of allylic oxidation sites excluding steroid dienone is 1. The van der Waals surface area contributed by atoms with Gasteiger partial charge >= 0.3 is 5.97 Å². The van der Waals surface area contributed by atoms with Crippen LogP contribution in [-0.4, -0.2) is 98.7 Å². The molecule has 2 aliphatic heterocycles. The second-order valence-electron chi connectivity index (χ2n) is 14.4. The number of sulfonamides is 1. The second-order valence-corrected chi connectivity index (χ2v) is 16.6. The van der Waals surface area contributed by atoms with Crippen molar-refractivity contribution in [1.82, 2.24) is 10.2 Å². The lowest BCUT2D eigenvalue weighted by Crippen LogP contribution is -2.49. The number of alkyl halides is 1. The molecule has 2 aromatic carbocycles. The van der Waals surface area contributed by atoms with E-state index in [0.717, 1.165) is 74.7 Å². The maximum Gasteiger partial charge on any atom is 0.335 e. The van der Waals surface area contributed by atoms with Gasteiger partial charge in [-0.15, -0.1) is 13.2 Å². The van der Waals surface area contributed by atoms with Gasteiger partial charge in [0.25, 0.3) is 0 Å². The van der Waals surface area contributed by atoms with E-state index in [4.69, 9.17) is 21.5 Å². The number of rotatable bonds is 10. The monoisotopic (exact) mass is 886 g/mol. The van der Waals surface area contributed by atoms with E-state index in [9.17, 15) is 23.4 Å². The topological polar surface area (TPSA) is 145 Å². The molecule has 13 heteroatoms. The van der Waals surface area contributed by atoms with Crippen molar-refractivity contribution in [3.8, 4) is 5.75 Å². The molecule has 0 bridgehead atoms. The summed E-state index contributed by atoms with van der Waals surface area (Å²) in [5, 5.41) is 28.6. The third kappa shape index (κ3) is 12.7. The number of aromatic carboxylic acids is 1. The van der Waals surface area contributed by atoms with Crippen LogP contribution in [0.1, 0.15) is 73.4 Å². The van der Waals surface area contributed by atoms with Crippen LogP contribution in [0.3, 0.4) is 0 Å². The second kappa shape index (κ2) is 21.8. The van der Waals surface area contributed by atoms with Gasteiger partial charge in [0.1, 0.15) is 5.75 Å². The predicted octanol–water partition coefficient (Wildman–Crippen LogP) is 6.68. The molecular weight excluding hydrogens is 827 g/mol. The zero-order valence-electron chi connectivity index (χ0n) is 31.6. The molecule has 2 heterocycles. The van der Waals surface area contributed by atoms with Gasteiger partial charge in [-0.2, -0.15) is 0 Å². The Labute approximate surface area is 336 Å². The van der Waals surface area contributed by atoms with Crippen molar-refractivity contribution in [1.29, 1.82) is 0 Å². The first-order valence-corrected chi connectivity index (χ1v) is 22.7. The summed E-state index contributed by atoms with van der Waals surface area (Å²) in [7, 11) is -1.18. The fraction of sp³-hybridized carbons (Fsp3) is 0.575. The number of aliphatic hydroxyl groups is 1. The number of carboxylic acids is 1. The van der Waals surface area contributed by atoms with E-state index >= 15 is 0 Å². The number of ether oxygens (including phenoxy) is 1. The van der Waals surface area contributed by atoms with Crippen molar-refractivity contribution >= 4 is 55.9 Å². The number of likely N-dealkylation sites (N-methyl/N-ethyl adjacent to an activating group) is 1. The molecule has 2 aromatic rings. The van der Waals surface area contributed by atoms with Crippen LogP contribution in [0.25, 0.3) is 0 Å². The van der Waals surface area contributed by atoms with E-state index in [1.807, 2.05) is 17.9 Å².